The van der Waals surface area contributed by atoms with Crippen molar-refractivity contribution in [2.75, 3.05) is 19.6 Å². The van der Waals surface area contributed by atoms with E-state index in [0.29, 0.717) is 11.3 Å². The maximum atomic E-state index is 11.1. The Labute approximate surface area is 89.6 Å². The number of carbonyl (C=O) groups is 2. The molecule has 2 rings (SSSR count). The van der Waals surface area contributed by atoms with E-state index in [2.05, 4.69) is 18.6 Å². The maximum absolute atomic E-state index is 11.1. The normalized spacial score (nSPS) is 25.5. The molecular weight excluding hydrogens is 194 g/mol. The van der Waals surface area contributed by atoms with Gasteiger partial charge in [0, 0.05) is 6.54 Å². The average molecular weight is 211 g/mol. The Morgan fingerprint density at radius 3 is 2.20 bits per heavy atom. The SMILES string of the molecule is CC(C)C1(CN2CC(=O)OC(=O)C2)CC1. The van der Waals surface area contributed by atoms with Gasteiger partial charge in [-0.15, -0.1) is 0 Å². The van der Waals surface area contributed by atoms with E-state index in [1.54, 1.807) is 0 Å². The summed E-state index contributed by atoms with van der Waals surface area (Å²) in [5.41, 5.74) is 0.345. The van der Waals surface area contributed by atoms with Crippen molar-refractivity contribution in [2.45, 2.75) is 26.7 Å². The first-order chi connectivity index (χ1) is 7.02. The summed E-state index contributed by atoms with van der Waals surface area (Å²) >= 11 is 0. The third-order valence-corrected chi connectivity index (χ3v) is 3.59. The zero-order chi connectivity index (χ0) is 11.1. The molecule has 0 atom stereocenters. The first-order valence-corrected chi connectivity index (χ1v) is 5.48. The van der Waals surface area contributed by atoms with Crippen LogP contribution in [-0.4, -0.2) is 36.5 Å². The topological polar surface area (TPSA) is 46.6 Å². The number of nitrogens with zero attached hydrogens (tertiary/aromatic N) is 1. The quantitative estimate of drug-likeness (QED) is 0.512. The van der Waals surface area contributed by atoms with Gasteiger partial charge in [0.25, 0.3) is 0 Å². The Kier molecular flexibility index (Phi) is 2.54. The molecule has 1 saturated heterocycles. The first kappa shape index (κ1) is 10.6. The van der Waals surface area contributed by atoms with Crippen LogP contribution in [0.3, 0.4) is 0 Å². The Bertz CT molecular complexity index is 278. The number of rotatable bonds is 3. The number of cyclic esters (lactones) is 2. The predicted octanol–water partition coefficient (Wildman–Crippen LogP) is 0.808. The lowest BCUT2D eigenvalue weighted by molar-refractivity contribution is -0.167. The largest absolute Gasteiger partial charge is 0.391 e. The number of carbonyl (C=O) groups excluding carboxylic acids is 2. The molecular formula is C11H17NO3. The lowest BCUT2D eigenvalue weighted by atomic mass is 9.92. The van der Waals surface area contributed by atoms with Gasteiger partial charge in [0.1, 0.15) is 0 Å². The summed E-state index contributed by atoms with van der Waals surface area (Å²) in [5.74, 6) is -0.206. The van der Waals surface area contributed by atoms with Crippen LogP contribution in [0.25, 0.3) is 0 Å². The summed E-state index contributed by atoms with van der Waals surface area (Å²) in [7, 11) is 0. The molecule has 84 valence electrons. The van der Waals surface area contributed by atoms with Crippen molar-refractivity contribution in [3.63, 3.8) is 0 Å². The summed E-state index contributed by atoms with van der Waals surface area (Å²) in [6.45, 7) is 5.79. The van der Waals surface area contributed by atoms with E-state index >= 15 is 0 Å². The Balaban J connectivity index is 1.94. The van der Waals surface area contributed by atoms with Gasteiger partial charge in [-0.1, -0.05) is 13.8 Å². The minimum absolute atomic E-state index is 0.264. The fraction of sp³-hybridized carbons (Fsp3) is 0.818. The Hall–Kier alpha value is -0.900. The molecule has 15 heavy (non-hydrogen) atoms. The monoisotopic (exact) mass is 211 g/mol. The van der Waals surface area contributed by atoms with E-state index in [1.165, 1.54) is 12.8 Å². The molecule has 4 heteroatoms. The molecule has 0 aromatic heterocycles. The van der Waals surface area contributed by atoms with Crippen LogP contribution in [0.5, 0.6) is 0 Å². The first-order valence-electron chi connectivity index (χ1n) is 5.48. The molecule has 4 nitrogen and oxygen atoms in total. The summed E-state index contributed by atoms with van der Waals surface area (Å²) in [6.07, 6.45) is 2.43. The van der Waals surface area contributed by atoms with Crippen molar-refractivity contribution in [1.82, 2.24) is 4.90 Å². The van der Waals surface area contributed by atoms with Crippen LogP contribution in [0.2, 0.25) is 0 Å². The van der Waals surface area contributed by atoms with E-state index in [0.717, 1.165) is 6.54 Å². The maximum Gasteiger partial charge on any atom is 0.327 e. The van der Waals surface area contributed by atoms with Gasteiger partial charge in [-0.3, -0.25) is 14.5 Å². The molecule has 1 aliphatic heterocycles. The van der Waals surface area contributed by atoms with Crippen molar-refractivity contribution in [1.29, 1.82) is 0 Å². The lowest BCUT2D eigenvalue weighted by Crippen LogP contribution is -2.46. The summed E-state index contributed by atoms with van der Waals surface area (Å²) in [5, 5.41) is 0. The van der Waals surface area contributed by atoms with E-state index in [-0.39, 0.29) is 13.1 Å². The Morgan fingerprint density at radius 2 is 1.80 bits per heavy atom. The second-order valence-corrected chi connectivity index (χ2v) is 5.01. The molecule has 0 aromatic carbocycles. The lowest BCUT2D eigenvalue weighted by Gasteiger charge is -2.30. The average Bonchev–Trinajstić information content (AvgIpc) is 2.83. The highest BCUT2D eigenvalue weighted by Gasteiger charge is 2.47. The van der Waals surface area contributed by atoms with Crippen LogP contribution >= 0.6 is 0 Å². The second kappa shape index (κ2) is 3.59. The van der Waals surface area contributed by atoms with Crippen molar-refractivity contribution in [2.24, 2.45) is 11.3 Å². The van der Waals surface area contributed by atoms with Crippen molar-refractivity contribution in [3.8, 4) is 0 Å². The van der Waals surface area contributed by atoms with Crippen molar-refractivity contribution >= 4 is 11.9 Å². The van der Waals surface area contributed by atoms with Crippen molar-refractivity contribution < 1.29 is 14.3 Å². The van der Waals surface area contributed by atoms with E-state index < -0.39 is 11.9 Å². The molecule has 1 aliphatic carbocycles. The highest BCUT2D eigenvalue weighted by Crippen LogP contribution is 2.52. The van der Waals surface area contributed by atoms with E-state index in [9.17, 15) is 9.59 Å². The number of hydrogen-bond donors (Lipinski definition) is 0. The number of esters is 2. The molecule has 0 aromatic rings. The number of hydrogen-bond acceptors (Lipinski definition) is 4. The summed E-state index contributed by atoms with van der Waals surface area (Å²) in [4.78, 5) is 24.1. The van der Waals surface area contributed by atoms with Crippen LogP contribution in [-0.2, 0) is 14.3 Å². The zero-order valence-electron chi connectivity index (χ0n) is 9.28. The third kappa shape index (κ3) is 2.20. The third-order valence-electron chi connectivity index (χ3n) is 3.59. The van der Waals surface area contributed by atoms with Crippen LogP contribution in [0.15, 0.2) is 0 Å². The zero-order valence-corrected chi connectivity index (χ0v) is 9.28. The predicted molar refractivity (Wildman–Crippen MR) is 54.0 cm³/mol. The highest BCUT2D eigenvalue weighted by atomic mass is 16.6. The van der Waals surface area contributed by atoms with Gasteiger partial charge < -0.3 is 4.74 Å². The van der Waals surface area contributed by atoms with Gasteiger partial charge >= 0.3 is 11.9 Å². The van der Waals surface area contributed by atoms with Crippen LogP contribution in [0.1, 0.15) is 26.7 Å². The Morgan fingerprint density at radius 1 is 1.27 bits per heavy atom. The fourth-order valence-corrected chi connectivity index (χ4v) is 2.25. The molecule has 2 fully saturated rings. The highest BCUT2D eigenvalue weighted by molar-refractivity contribution is 5.90. The van der Waals surface area contributed by atoms with E-state index in [1.807, 2.05) is 4.90 Å². The van der Waals surface area contributed by atoms with Crippen LogP contribution < -0.4 is 0 Å². The smallest absolute Gasteiger partial charge is 0.327 e. The standard InChI is InChI=1S/C11H17NO3/c1-8(2)11(3-4-11)7-12-5-9(13)15-10(14)6-12/h8H,3-7H2,1-2H3. The van der Waals surface area contributed by atoms with Gasteiger partial charge in [0.15, 0.2) is 0 Å². The van der Waals surface area contributed by atoms with Gasteiger partial charge in [0.05, 0.1) is 13.1 Å². The van der Waals surface area contributed by atoms with Gasteiger partial charge in [-0.05, 0) is 24.2 Å². The molecule has 1 heterocycles. The minimum atomic E-state index is -0.411. The molecule has 0 N–H and O–H groups in total. The molecule has 2 aliphatic rings. The molecule has 0 spiro atoms. The van der Waals surface area contributed by atoms with E-state index in [4.69, 9.17) is 0 Å². The second-order valence-electron chi connectivity index (χ2n) is 5.01. The summed E-state index contributed by atoms with van der Waals surface area (Å²) in [6, 6.07) is 0. The van der Waals surface area contributed by atoms with Crippen molar-refractivity contribution in [3.05, 3.63) is 0 Å². The van der Waals surface area contributed by atoms with Crippen LogP contribution in [0, 0.1) is 11.3 Å². The fourth-order valence-electron chi connectivity index (χ4n) is 2.25. The molecule has 0 bridgehead atoms. The van der Waals surface area contributed by atoms with Gasteiger partial charge in [-0.2, -0.15) is 0 Å². The molecule has 0 amide bonds. The summed E-state index contributed by atoms with van der Waals surface area (Å²) < 4.78 is 4.49. The number of morpholine rings is 1. The van der Waals surface area contributed by atoms with Gasteiger partial charge in [-0.25, -0.2) is 0 Å². The minimum Gasteiger partial charge on any atom is -0.391 e. The molecule has 1 saturated carbocycles. The van der Waals surface area contributed by atoms with Gasteiger partial charge in [0.2, 0.25) is 0 Å². The number of ether oxygens (including phenoxy) is 1. The molecule has 0 radical (unpaired) electrons. The van der Waals surface area contributed by atoms with Crippen LogP contribution in [0.4, 0.5) is 0 Å². The molecule has 0 unspecified atom stereocenters.